The van der Waals surface area contributed by atoms with E-state index < -0.39 is 0 Å². The van der Waals surface area contributed by atoms with Crippen molar-refractivity contribution >= 4 is 0 Å². The van der Waals surface area contributed by atoms with Crippen LogP contribution < -0.4 is 5.32 Å². The fourth-order valence-corrected chi connectivity index (χ4v) is 2.47. The van der Waals surface area contributed by atoms with Crippen molar-refractivity contribution in [2.45, 2.75) is 32.2 Å². The fraction of sp³-hybridized carbons (Fsp3) is 0.643. The highest BCUT2D eigenvalue weighted by Gasteiger charge is 2.24. The molecule has 94 valence electrons. The van der Waals surface area contributed by atoms with Gasteiger partial charge in [0.15, 0.2) is 0 Å². The summed E-state index contributed by atoms with van der Waals surface area (Å²) in [7, 11) is 0. The summed E-state index contributed by atoms with van der Waals surface area (Å²) >= 11 is 0. The monoisotopic (exact) mass is 234 g/mol. The second-order valence-corrected chi connectivity index (χ2v) is 4.67. The first kappa shape index (κ1) is 12.5. The highest BCUT2D eigenvalue weighted by molar-refractivity contribution is 5.15. The summed E-state index contributed by atoms with van der Waals surface area (Å²) in [4.78, 5) is 4.24. The van der Waals surface area contributed by atoms with E-state index >= 15 is 0 Å². The zero-order valence-corrected chi connectivity index (χ0v) is 10.6. The lowest BCUT2D eigenvalue weighted by atomic mass is 9.87. The van der Waals surface area contributed by atoms with E-state index in [1.807, 2.05) is 18.5 Å². The van der Waals surface area contributed by atoms with Gasteiger partial charge in [-0.25, -0.2) is 0 Å². The van der Waals surface area contributed by atoms with Gasteiger partial charge in [-0.2, -0.15) is 0 Å². The maximum Gasteiger partial charge on any atom is 0.0469 e. The smallest absolute Gasteiger partial charge is 0.0469 e. The molecular weight excluding hydrogens is 212 g/mol. The molecule has 1 unspecified atom stereocenters. The Morgan fingerprint density at radius 2 is 2.29 bits per heavy atom. The number of nitrogens with one attached hydrogen (secondary N) is 1. The minimum absolute atomic E-state index is 0.438. The molecule has 3 heteroatoms. The van der Waals surface area contributed by atoms with Gasteiger partial charge in [-0.3, -0.25) is 4.98 Å². The molecule has 1 saturated heterocycles. The largest absolute Gasteiger partial charge is 0.381 e. The molecule has 3 nitrogen and oxygen atoms in total. The van der Waals surface area contributed by atoms with Crippen LogP contribution in [0.5, 0.6) is 0 Å². The molecule has 0 bridgehead atoms. The molecule has 0 saturated carbocycles. The summed E-state index contributed by atoms with van der Waals surface area (Å²) < 4.78 is 5.45. The average Bonchev–Trinajstić information content (AvgIpc) is 2.42. The van der Waals surface area contributed by atoms with Crippen molar-refractivity contribution in [3.8, 4) is 0 Å². The molecule has 2 heterocycles. The van der Waals surface area contributed by atoms with Crippen LogP contribution in [0, 0.1) is 5.92 Å². The first-order valence-electron chi connectivity index (χ1n) is 6.63. The van der Waals surface area contributed by atoms with Crippen molar-refractivity contribution in [1.82, 2.24) is 10.3 Å². The Kier molecular flexibility index (Phi) is 4.95. The zero-order chi connectivity index (χ0) is 11.9. The zero-order valence-electron chi connectivity index (χ0n) is 10.6. The lowest BCUT2D eigenvalue weighted by Gasteiger charge is -2.31. The number of pyridine rings is 1. The molecule has 1 aromatic heterocycles. The third-order valence-electron chi connectivity index (χ3n) is 3.40. The van der Waals surface area contributed by atoms with E-state index in [-0.39, 0.29) is 0 Å². The van der Waals surface area contributed by atoms with Crippen LogP contribution in [0.3, 0.4) is 0 Å². The third kappa shape index (κ3) is 3.51. The van der Waals surface area contributed by atoms with Gasteiger partial charge in [-0.1, -0.05) is 13.0 Å². The van der Waals surface area contributed by atoms with Crippen molar-refractivity contribution in [2.24, 2.45) is 5.92 Å². The van der Waals surface area contributed by atoms with Crippen LogP contribution in [0.1, 0.15) is 37.8 Å². The fourth-order valence-electron chi connectivity index (χ4n) is 2.47. The SMILES string of the molecule is CCCNC(c1cccnc1)C1CCOCC1. The third-order valence-corrected chi connectivity index (χ3v) is 3.40. The van der Waals surface area contributed by atoms with Crippen LogP contribution in [0.25, 0.3) is 0 Å². The minimum Gasteiger partial charge on any atom is -0.381 e. The second-order valence-electron chi connectivity index (χ2n) is 4.67. The molecule has 0 aromatic carbocycles. The Morgan fingerprint density at radius 1 is 1.47 bits per heavy atom. The summed E-state index contributed by atoms with van der Waals surface area (Å²) in [6, 6.07) is 4.64. The Bertz CT molecular complexity index is 309. The topological polar surface area (TPSA) is 34.2 Å². The van der Waals surface area contributed by atoms with Gasteiger partial charge in [0.25, 0.3) is 0 Å². The van der Waals surface area contributed by atoms with Crippen molar-refractivity contribution in [1.29, 1.82) is 0 Å². The number of rotatable bonds is 5. The number of aromatic nitrogens is 1. The van der Waals surface area contributed by atoms with E-state index in [2.05, 4.69) is 23.3 Å². The van der Waals surface area contributed by atoms with E-state index in [4.69, 9.17) is 4.74 Å². The summed E-state index contributed by atoms with van der Waals surface area (Å²) in [5.74, 6) is 0.680. The molecule has 0 radical (unpaired) electrons. The molecule has 1 aromatic rings. The normalized spacial score (nSPS) is 19.1. The summed E-state index contributed by atoms with van der Waals surface area (Å²) in [6.07, 6.45) is 7.29. The predicted molar refractivity (Wildman–Crippen MR) is 68.8 cm³/mol. The van der Waals surface area contributed by atoms with Crippen LogP contribution in [-0.2, 0) is 4.74 Å². The first-order chi connectivity index (χ1) is 8.42. The lowest BCUT2D eigenvalue weighted by Crippen LogP contribution is -2.32. The number of nitrogens with zero attached hydrogens (tertiary/aromatic N) is 1. The Labute approximate surface area is 104 Å². The van der Waals surface area contributed by atoms with Gasteiger partial charge >= 0.3 is 0 Å². The van der Waals surface area contributed by atoms with E-state index in [9.17, 15) is 0 Å². The molecule has 1 N–H and O–H groups in total. The predicted octanol–water partition coefficient (Wildman–Crippen LogP) is 2.55. The lowest BCUT2D eigenvalue weighted by molar-refractivity contribution is 0.0536. The highest BCUT2D eigenvalue weighted by Crippen LogP contribution is 2.29. The van der Waals surface area contributed by atoms with Gasteiger partial charge in [0.05, 0.1) is 0 Å². The summed E-state index contributed by atoms with van der Waals surface area (Å²) in [5.41, 5.74) is 1.31. The molecule has 0 amide bonds. The maximum absolute atomic E-state index is 5.45. The second kappa shape index (κ2) is 6.72. The van der Waals surface area contributed by atoms with Crippen molar-refractivity contribution in [2.75, 3.05) is 19.8 Å². The first-order valence-corrected chi connectivity index (χ1v) is 6.63. The maximum atomic E-state index is 5.45. The van der Waals surface area contributed by atoms with Crippen LogP contribution in [0.2, 0.25) is 0 Å². The van der Waals surface area contributed by atoms with E-state index in [0.717, 1.165) is 32.6 Å². The molecule has 0 aliphatic carbocycles. The van der Waals surface area contributed by atoms with Crippen molar-refractivity contribution in [3.05, 3.63) is 30.1 Å². The standard InChI is InChI=1S/C14H22N2O/c1-2-7-16-14(12-5-9-17-10-6-12)13-4-3-8-15-11-13/h3-4,8,11-12,14,16H,2,5-7,9-10H2,1H3. The van der Waals surface area contributed by atoms with Crippen LogP contribution >= 0.6 is 0 Å². The molecular formula is C14H22N2O. The van der Waals surface area contributed by atoms with Crippen molar-refractivity contribution < 1.29 is 4.74 Å². The van der Waals surface area contributed by atoms with Crippen LogP contribution in [-0.4, -0.2) is 24.7 Å². The Hall–Kier alpha value is -0.930. The van der Waals surface area contributed by atoms with Gasteiger partial charge in [0, 0.05) is 31.6 Å². The number of hydrogen-bond acceptors (Lipinski definition) is 3. The van der Waals surface area contributed by atoms with Gasteiger partial charge in [0.2, 0.25) is 0 Å². The van der Waals surface area contributed by atoms with E-state index in [0.29, 0.717) is 12.0 Å². The molecule has 1 fully saturated rings. The molecule has 2 rings (SSSR count). The van der Waals surface area contributed by atoms with Gasteiger partial charge < -0.3 is 10.1 Å². The summed E-state index contributed by atoms with van der Waals surface area (Å²) in [5, 5.41) is 3.66. The van der Waals surface area contributed by atoms with E-state index in [1.165, 1.54) is 12.0 Å². The number of hydrogen-bond donors (Lipinski definition) is 1. The van der Waals surface area contributed by atoms with Gasteiger partial charge in [-0.05, 0) is 43.4 Å². The minimum atomic E-state index is 0.438. The quantitative estimate of drug-likeness (QED) is 0.850. The molecule has 1 aliphatic heterocycles. The molecule has 1 aliphatic rings. The van der Waals surface area contributed by atoms with Crippen LogP contribution in [0.4, 0.5) is 0 Å². The van der Waals surface area contributed by atoms with Crippen molar-refractivity contribution in [3.63, 3.8) is 0 Å². The molecule has 0 spiro atoms. The van der Waals surface area contributed by atoms with Crippen LogP contribution in [0.15, 0.2) is 24.5 Å². The summed E-state index contributed by atoms with van der Waals surface area (Å²) in [6.45, 7) is 5.07. The van der Waals surface area contributed by atoms with Gasteiger partial charge in [-0.15, -0.1) is 0 Å². The van der Waals surface area contributed by atoms with E-state index in [1.54, 1.807) is 0 Å². The van der Waals surface area contributed by atoms with Gasteiger partial charge in [0.1, 0.15) is 0 Å². The highest BCUT2D eigenvalue weighted by atomic mass is 16.5. The Morgan fingerprint density at radius 3 is 2.94 bits per heavy atom. The molecule has 17 heavy (non-hydrogen) atoms. The molecule has 1 atom stereocenters. The average molecular weight is 234 g/mol. The Balaban J connectivity index is 2.06. The number of ether oxygens (including phenoxy) is 1.